The summed E-state index contributed by atoms with van der Waals surface area (Å²) in [6, 6.07) is 10.0. The highest BCUT2D eigenvalue weighted by Crippen LogP contribution is 2.32. The Balaban J connectivity index is 2.09. The van der Waals surface area contributed by atoms with Gasteiger partial charge in [-0.2, -0.15) is 13.2 Å². The lowest BCUT2D eigenvalue weighted by Gasteiger charge is -2.21. The van der Waals surface area contributed by atoms with Crippen LogP contribution in [-0.2, 0) is 10.9 Å². The van der Waals surface area contributed by atoms with Crippen LogP contribution in [0.25, 0.3) is 5.52 Å². The molecule has 0 fully saturated rings. The number of aromatic nitrogens is 1. The van der Waals surface area contributed by atoms with Gasteiger partial charge in [-0.25, -0.2) is 4.79 Å². The average Bonchev–Trinajstić information content (AvgIpc) is 3.13. The molecule has 0 bridgehead atoms. The molecule has 0 saturated heterocycles. The summed E-state index contributed by atoms with van der Waals surface area (Å²) in [5.41, 5.74) is 0.384. The number of esters is 1. The minimum atomic E-state index is -4.58. The second-order valence-corrected chi connectivity index (χ2v) is 6.88. The lowest BCUT2D eigenvalue weighted by atomic mass is 10.1. The summed E-state index contributed by atoms with van der Waals surface area (Å²) in [6.07, 6.45) is -3.43. The zero-order chi connectivity index (χ0) is 22.8. The van der Waals surface area contributed by atoms with Crippen molar-refractivity contribution in [2.45, 2.75) is 26.9 Å². The molecule has 5 nitrogen and oxygen atoms in total. The number of pyridine rings is 1. The van der Waals surface area contributed by atoms with E-state index in [9.17, 15) is 22.8 Å². The fraction of sp³-hybridized carbons (Fsp3) is 0.304. The number of nitrogens with zero attached hydrogens (tertiary/aromatic N) is 2. The fourth-order valence-electron chi connectivity index (χ4n) is 3.48. The number of alkyl halides is 3. The molecule has 0 amide bonds. The maximum atomic E-state index is 13.2. The van der Waals surface area contributed by atoms with E-state index in [2.05, 4.69) is 4.90 Å². The van der Waals surface area contributed by atoms with E-state index in [0.29, 0.717) is 5.56 Å². The van der Waals surface area contributed by atoms with E-state index in [1.54, 1.807) is 19.1 Å². The van der Waals surface area contributed by atoms with E-state index >= 15 is 0 Å². The third kappa shape index (κ3) is 4.42. The molecule has 0 atom stereocenters. The first kappa shape index (κ1) is 22.4. The first-order chi connectivity index (χ1) is 14.7. The number of hydrogen-bond donors (Lipinski definition) is 0. The van der Waals surface area contributed by atoms with Crippen molar-refractivity contribution < 1.29 is 27.5 Å². The van der Waals surface area contributed by atoms with Gasteiger partial charge in [0.15, 0.2) is 0 Å². The third-order valence-electron chi connectivity index (χ3n) is 5.08. The van der Waals surface area contributed by atoms with Crippen LogP contribution in [0.2, 0.25) is 0 Å². The van der Waals surface area contributed by atoms with Gasteiger partial charge in [-0.05, 0) is 63.2 Å². The summed E-state index contributed by atoms with van der Waals surface area (Å²) in [6.45, 7) is 7.35. The number of ketones is 1. The first-order valence-corrected chi connectivity index (χ1v) is 10.00. The van der Waals surface area contributed by atoms with Crippen molar-refractivity contribution in [1.82, 2.24) is 4.40 Å². The normalized spacial score (nSPS) is 11.5. The van der Waals surface area contributed by atoms with E-state index in [1.807, 2.05) is 26.0 Å². The number of carbonyl (C=O) groups is 2. The van der Waals surface area contributed by atoms with Gasteiger partial charge in [0, 0.05) is 30.5 Å². The van der Waals surface area contributed by atoms with Crippen LogP contribution in [0.15, 0.2) is 48.7 Å². The Hall–Kier alpha value is -3.29. The van der Waals surface area contributed by atoms with E-state index in [1.165, 1.54) is 10.5 Å². The Labute approximate surface area is 178 Å². The lowest BCUT2D eigenvalue weighted by molar-refractivity contribution is -0.137. The van der Waals surface area contributed by atoms with Crippen LogP contribution in [0.1, 0.15) is 52.7 Å². The molecule has 31 heavy (non-hydrogen) atoms. The van der Waals surface area contributed by atoms with Crippen molar-refractivity contribution in [3.05, 3.63) is 71.0 Å². The maximum Gasteiger partial charge on any atom is 0.416 e. The van der Waals surface area contributed by atoms with Gasteiger partial charge < -0.3 is 14.0 Å². The van der Waals surface area contributed by atoms with Gasteiger partial charge in [0.05, 0.1) is 28.9 Å². The molecular formula is C23H23F3N2O3. The summed E-state index contributed by atoms with van der Waals surface area (Å²) in [5.74, 6) is -1.19. The van der Waals surface area contributed by atoms with E-state index < -0.39 is 23.5 Å². The number of fused-ring (bicyclic) bond motifs is 1. The highest BCUT2D eigenvalue weighted by molar-refractivity contribution is 6.11. The molecule has 1 aromatic carbocycles. The quantitative estimate of drug-likeness (QED) is 0.380. The summed E-state index contributed by atoms with van der Waals surface area (Å²) in [7, 11) is 0. The Bertz CT molecular complexity index is 1100. The van der Waals surface area contributed by atoms with Crippen LogP contribution in [0, 0.1) is 0 Å². The standard InChI is InChI=1S/C23H23F3N2O3/c1-4-27(5-2)17-9-7-15(8-10-17)21(29)20-14-18(22(30)31-6-3)19-13-16(23(24,25)26)11-12-28(19)20/h7-14H,4-6H2,1-3H3. The highest BCUT2D eigenvalue weighted by atomic mass is 19.4. The van der Waals surface area contributed by atoms with Crippen molar-refractivity contribution >= 4 is 23.0 Å². The van der Waals surface area contributed by atoms with Crippen molar-refractivity contribution in [3.8, 4) is 0 Å². The average molecular weight is 432 g/mol. The molecule has 0 aliphatic rings. The molecule has 2 aromatic heterocycles. The van der Waals surface area contributed by atoms with Crippen LogP contribution in [0.3, 0.4) is 0 Å². The Morgan fingerprint density at radius 2 is 1.65 bits per heavy atom. The summed E-state index contributed by atoms with van der Waals surface area (Å²) >= 11 is 0. The van der Waals surface area contributed by atoms with Gasteiger partial charge in [-0.3, -0.25) is 4.79 Å². The number of ether oxygens (including phenoxy) is 1. The molecule has 0 aliphatic carbocycles. The predicted molar refractivity (Wildman–Crippen MR) is 112 cm³/mol. The molecule has 3 rings (SSSR count). The van der Waals surface area contributed by atoms with Gasteiger partial charge in [0.25, 0.3) is 0 Å². The SMILES string of the molecule is CCOC(=O)c1cc(C(=O)c2ccc(N(CC)CC)cc2)n2ccc(C(F)(F)F)cc12. The zero-order valence-electron chi connectivity index (χ0n) is 17.5. The number of anilines is 1. The van der Waals surface area contributed by atoms with Gasteiger partial charge in [0.1, 0.15) is 0 Å². The van der Waals surface area contributed by atoms with E-state index in [-0.39, 0.29) is 23.4 Å². The maximum absolute atomic E-state index is 13.2. The molecule has 0 unspecified atom stereocenters. The summed E-state index contributed by atoms with van der Waals surface area (Å²) in [5, 5.41) is 0. The summed E-state index contributed by atoms with van der Waals surface area (Å²) in [4.78, 5) is 27.6. The second kappa shape index (κ2) is 8.83. The van der Waals surface area contributed by atoms with E-state index in [4.69, 9.17) is 4.74 Å². The van der Waals surface area contributed by atoms with E-state index in [0.717, 1.165) is 37.1 Å². The van der Waals surface area contributed by atoms with Gasteiger partial charge in [-0.15, -0.1) is 0 Å². The summed E-state index contributed by atoms with van der Waals surface area (Å²) < 4.78 is 45.8. The molecule has 0 spiro atoms. The molecule has 164 valence electrons. The number of benzene rings is 1. The van der Waals surface area contributed by atoms with Crippen molar-refractivity contribution in [3.63, 3.8) is 0 Å². The second-order valence-electron chi connectivity index (χ2n) is 6.88. The predicted octanol–water partition coefficient (Wildman–Crippen LogP) is 5.21. The Morgan fingerprint density at radius 1 is 1.00 bits per heavy atom. The van der Waals surface area contributed by atoms with Crippen LogP contribution in [0.5, 0.6) is 0 Å². The fourth-order valence-corrected chi connectivity index (χ4v) is 3.48. The van der Waals surface area contributed by atoms with Gasteiger partial charge in [-0.1, -0.05) is 0 Å². The molecule has 3 aromatic rings. The molecule has 0 N–H and O–H groups in total. The molecule has 8 heteroatoms. The highest BCUT2D eigenvalue weighted by Gasteiger charge is 2.32. The zero-order valence-corrected chi connectivity index (χ0v) is 17.5. The topological polar surface area (TPSA) is 51.0 Å². The Morgan fingerprint density at radius 3 is 2.19 bits per heavy atom. The molecular weight excluding hydrogens is 409 g/mol. The number of rotatable bonds is 7. The van der Waals surface area contributed by atoms with Gasteiger partial charge in [0.2, 0.25) is 5.78 Å². The largest absolute Gasteiger partial charge is 0.462 e. The minimum Gasteiger partial charge on any atom is -0.462 e. The minimum absolute atomic E-state index is 0.0311. The first-order valence-electron chi connectivity index (χ1n) is 10.00. The molecule has 0 radical (unpaired) electrons. The van der Waals surface area contributed by atoms with Crippen LogP contribution in [0.4, 0.5) is 18.9 Å². The van der Waals surface area contributed by atoms with Crippen LogP contribution in [-0.4, -0.2) is 35.8 Å². The number of carbonyl (C=O) groups excluding carboxylic acids is 2. The van der Waals surface area contributed by atoms with Crippen molar-refractivity contribution in [1.29, 1.82) is 0 Å². The molecule has 0 aliphatic heterocycles. The van der Waals surface area contributed by atoms with Crippen LogP contribution >= 0.6 is 0 Å². The Kier molecular flexibility index (Phi) is 6.38. The van der Waals surface area contributed by atoms with Gasteiger partial charge >= 0.3 is 12.1 Å². The monoisotopic (exact) mass is 432 g/mol. The third-order valence-corrected chi connectivity index (χ3v) is 5.08. The lowest BCUT2D eigenvalue weighted by Crippen LogP contribution is -2.21. The van der Waals surface area contributed by atoms with Crippen molar-refractivity contribution in [2.75, 3.05) is 24.6 Å². The van der Waals surface area contributed by atoms with Crippen LogP contribution < -0.4 is 4.90 Å². The number of halogens is 3. The van der Waals surface area contributed by atoms with Crippen molar-refractivity contribution in [2.24, 2.45) is 0 Å². The molecule has 2 heterocycles. The molecule has 0 saturated carbocycles. The number of hydrogen-bond acceptors (Lipinski definition) is 4. The smallest absolute Gasteiger partial charge is 0.416 e.